The molecule has 126 valence electrons. The van der Waals surface area contributed by atoms with Gasteiger partial charge in [-0.2, -0.15) is 0 Å². The maximum atomic E-state index is 13.2. The first-order valence-electron chi connectivity index (χ1n) is 8.19. The number of hydrogen-bond acceptors (Lipinski definition) is 5. The molecule has 1 atom stereocenters. The normalized spacial score (nSPS) is 16.6. The summed E-state index contributed by atoms with van der Waals surface area (Å²) in [5, 5.41) is 0. The van der Waals surface area contributed by atoms with E-state index in [0.29, 0.717) is 23.6 Å². The van der Waals surface area contributed by atoms with Crippen LogP contribution in [-0.2, 0) is 6.42 Å². The number of aromatic nitrogens is 5. The van der Waals surface area contributed by atoms with Crippen molar-refractivity contribution >= 4 is 5.91 Å². The van der Waals surface area contributed by atoms with Crippen molar-refractivity contribution < 1.29 is 4.79 Å². The molecule has 4 heterocycles. The van der Waals surface area contributed by atoms with E-state index in [-0.39, 0.29) is 11.9 Å². The summed E-state index contributed by atoms with van der Waals surface area (Å²) < 4.78 is 0. The first-order valence-corrected chi connectivity index (χ1v) is 8.19. The smallest absolute Gasteiger partial charge is 0.258 e. The van der Waals surface area contributed by atoms with Gasteiger partial charge in [0, 0.05) is 31.1 Å². The fraction of sp³-hybridized carbons (Fsp3) is 0.278. The van der Waals surface area contributed by atoms with E-state index >= 15 is 0 Å². The Morgan fingerprint density at radius 3 is 2.88 bits per heavy atom. The fourth-order valence-electron chi connectivity index (χ4n) is 3.28. The van der Waals surface area contributed by atoms with Crippen molar-refractivity contribution in [3.05, 3.63) is 71.1 Å². The second kappa shape index (κ2) is 6.08. The molecule has 0 aliphatic carbocycles. The average Bonchev–Trinajstić information content (AvgIpc) is 3.10. The Morgan fingerprint density at radius 1 is 1.24 bits per heavy atom. The van der Waals surface area contributed by atoms with Crippen LogP contribution in [0, 0.1) is 13.8 Å². The maximum Gasteiger partial charge on any atom is 0.258 e. The van der Waals surface area contributed by atoms with Gasteiger partial charge in [-0.25, -0.2) is 15.0 Å². The molecule has 7 heteroatoms. The molecule has 0 unspecified atom stereocenters. The predicted molar refractivity (Wildman–Crippen MR) is 90.9 cm³/mol. The van der Waals surface area contributed by atoms with Gasteiger partial charge in [0.2, 0.25) is 0 Å². The number of fused-ring (bicyclic) bond motifs is 1. The monoisotopic (exact) mass is 334 g/mol. The van der Waals surface area contributed by atoms with Gasteiger partial charge in [0.25, 0.3) is 5.91 Å². The van der Waals surface area contributed by atoms with Crippen LogP contribution in [0.4, 0.5) is 0 Å². The summed E-state index contributed by atoms with van der Waals surface area (Å²) >= 11 is 0. The number of imidazole rings is 1. The second-order valence-electron chi connectivity index (χ2n) is 6.09. The highest BCUT2D eigenvalue weighted by Gasteiger charge is 2.35. The summed E-state index contributed by atoms with van der Waals surface area (Å²) in [5.41, 5.74) is 3.91. The number of rotatable bonds is 2. The molecule has 0 aromatic carbocycles. The van der Waals surface area contributed by atoms with Crippen molar-refractivity contribution in [1.82, 2.24) is 29.8 Å². The zero-order chi connectivity index (χ0) is 17.4. The van der Waals surface area contributed by atoms with Gasteiger partial charge in [-0.15, -0.1) is 0 Å². The largest absolute Gasteiger partial charge is 0.348 e. The van der Waals surface area contributed by atoms with E-state index in [4.69, 9.17) is 0 Å². The number of amides is 1. The molecule has 0 saturated carbocycles. The number of carbonyl (C=O) groups excluding carboxylic acids is 1. The fourth-order valence-corrected chi connectivity index (χ4v) is 3.28. The number of H-pyrrole nitrogens is 1. The minimum atomic E-state index is -0.315. The number of nitrogens with one attached hydrogen (secondary N) is 1. The van der Waals surface area contributed by atoms with E-state index in [1.165, 1.54) is 0 Å². The summed E-state index contributed by atoms with van der Waals surface area (Å²) in [5.74, 6) is 0.561. The third-order valence-corrected chi connectivity index (χ3v) is 4.48. The minimum absolute atomic E-state index is 0.0956. The molecule has 4 rings (SSSR count). The highest BCUT2D eigenvalue weighted by molar-refractivity contribution is 5.95. The quantitative estimate of drug-likeness (QED) is 0.774. The van der Waals surface area contributed by atoms with Crippen molar-refractivity contribution in [1.29, 1.82) is 0 Å². The van der Waals surface area contributed by atoms with Crippen LogP contribution in [0.15, 0.2) is 36.9 Å². The average molecular weight is 334 g/mol. The molecule has 25 heavy (non-hydrogen) atoms. The van der Waals surface area contributed by atoms with Gasteiger partial charge in [0.05, 0.1) is 29.0 Å². The lowest BCUT2D eigenvalue weighted by atomic mass is 9.98. The Balaban J connectivity index is 1.79. The van der Waals surface area contributed by atoms with E-state index in [1.807, 2.05) is 36.9 Å². The summed E-state index contributed by atoms with van der Waals surface area (Å²) in [6.07, 6.45) is 5.75. The second-order valence-corrected chi connectivity index (χ2v) is 6.09. The van der Waals surface area contributed by atoms with Crippen molar-refractivity contribution in [2.45, 2.75) is 26.3 Å². The Morgan fingerprint density at radius 2 is 2.12 bits per heavy atom. The Bertz CT molecular complexity index is 920. The zero-order valence-corrected chi connectivity index (χ0v) is 14.1. The van der Waals surface area contributed by atoms with Crippen LogP contribution in [-0.4, -0.2) is 42.3 Å². The molecular weight excluding hydrogens is 316 g/mol. The van der Waals surface area contributed by atoms with E-state index in [9.17, 15) is 4.79 Å². The van der Waals surface area contributed by atoms with Crippen molar-refractivity contribution in [2.75, 3.05) is 6.54 Å². The number of carbonyl (C=O) groups is 1. The SMILES string of the molecule is Cc1ncc(C(=O)N2CCc3[nH]cnc3[C@H]2c2ccccn2)c(C)n1. The van der Waals surface area contributed by atoms with Crippen LogP contribution in [0.1, 0.15) is 45.0 Å². The number of aryl methyl sites for hydroxylation is 2. The lowest BCUT2D eigenvalue weighted by molar-refractivity contribution is 0.0685. The molecule has 0 bridgehead atoms. The van der Waals surface area contributed by atoms with Crippen LogP contribution in [0.25, 0.3) is 0 Å². The van der Waals surface area contributed by atoms with Crippen LogP contribution in [0.5, 0.6) is 0 Å². The van der Waals surface area contributed by atoms with Crippen LogP contribution in [0.3, 0.4) is 0 Å². The van der Waals surface area contributed by atoms with Crippen molar-refractivity contribution in [3.63, 3.8) is 0 Å². The minimum Gasteiger partial charge on any atom is -0.348 e. The highest BCUT2D eigenvalue weighted by Crippen LogP contribution is 2.33. The topological polar surface area (TPSA) is 87.7 Å². The molecule has 0 radical (unpaired) electrons. The molecule has 1 amide bonds. The number of aromatic amines is 1. The van der Waals surface area contributed by atoms with Crippen LogP contribution in [0.2, 0.25) is 0 Å². The third kappa shape index (κ3) is 2.67. The van der Waals surface area contributed by atoms with E-state index < -0.39 is 0 Å². The molecule has 7 nitrogen and oxygen atoms in total. The summed E-state index contributed by atoms with van der Waals surface area (Å²) in [4.78, 5) is 35.7. The van der Waals surface area contributed by atoms with Gasteiger partial charge in [-0.3, -0.25) is 9.78 Å². The van der Waals surface area contributed by atoms with E-state index in [0.717, 1.165) is 23.5 Å². The molecule has 3 aromatic heterocycles. The van der Waals surface area contributed by atoms with Crippen molar-refractivity contribution in [2.24, 2.45) is 0 Å². The Kier molecular flexibility index (Phi) is 3.76. The number of nitrogens with zero attached hydrogens (tertiary/aromatic N) is 5. The molecule has 0 spiro atoms. The summed E-state index contributed by atoms with van der Waals surface area (Å²) in [6.45, 7) is 4.24. The Hall–Kier alpha value is -3.09. The first-order chi connectivity index (χ1) is 12.1. The molecule has 1 aliphatic rings. The van der Waals surface area contributed by atoms with Gasteiger partial charge < -0.3 is 9.88 Å². The predicted octanol–water partition coefficient (Wildman–Crippen LogP) is 2.00. The lowest BCUT2D eigenvalue weighted by Crippen LogP contribution is -2.41. The molecule has 1 N–H and O–H groups in total. The standard InChI is InChI=1S/C18H18N6O/c1-11-13(9-20-12(2)23-11)18(25)24-8-6-14-16(22-10-21-14)17(24)15-5-3-4-7-19-15/h3-5,7,9-10,17H,6,8H2,1-2H3,(H,21,22)/t17-/m1/s1. The summed E-state index contributed by atoms with van der Waals surface area (Å²) in [7, 11) is 0. The van der Waals surface area contributed by atoms with Crippen LogP contribution >= 0.6 is 0 Å². The Labute approximate surface area is 145 Å². The van der Waals surface area contributed by atoms with E-state index in [1.54, 1.807) is 18.7 Å². The van der Waals surface area contributed by atoms with Crippen molar-refractivity contribution in [3.8, 4) is 0 Å². The number of hydrogen-bond donors (Lipinski definition) is 1. The zero-order valence-electron chi connectivity index (χ0n) is 14.1. The van der Waals surface area contributed by atoms with Gasteiger partial charge in [-0.1, -0.05) is 6.07 Å². The highest BCUT2D eigenvalue weighted by atomic mass is 16.2. The van der Waals surface area contributed by atoms with Gasteiger partial charge >= 0.3 is 0 Å². The molecule has 1 aliphatic heterocycles. The molecule has 3 aromatic rings. The van der Waals surface area contributed by atoms with Gasteiger partial charge in [0.15, 0.2) is 0 Å². The van der Waals surface area contributed by atoms with Gasteiger partial charge in [0.1, 0.15) is 11.9 Å². The maximum absolute atomic E-state index is 13.2. The lowest BCUT2D eigenvalue weighted by Gasteiger charge is -2.34. The summed E-state index contributed by atoms with van der Waals surface area (Å²) in [6, 6.07) is 5.39. The number of pyridine rings is 1. The van der Waals surface area contributed by atoms with E-state index in [2.05, 4.69) is 24.9 Å². The van der Waals surface area contributed by atoms with Gasteiger partial charge in [-0.05, 0) is 26.0 Å². The van der Waals surface area contributed by atoms with Crippen LogP contribution < -0.4 is 0 Å². The first kappa shape index (κ1) is 15.4. The third-order valence-electron chi connectivity index (χ3n) is 4.48. The molecule has 0 fully saturated rings. The molecular formula is C18H18N6O. The molecule has 0 saturated heterocycles.